The van der Waals surface area contributed by atoms with Gasteiger partial charge in [-0.25, -0.2) is 0 Å². The fourth-order valence-corrected chi connectivity index (χ4v) is 3.20. The van der Waals surface area contributed by atoms with Crippen LogP contribution >= 0.6 is 43.5 Å². The highest BCUT2D eigenvalue weighted by Crippen LogP contribution is 2.36. The lowest BCUT2D eigenvalue weighted by atomic mass is 9.97. The average Bonchev–Trinajstić information content (AvgIpc) is 2.32. The normalized spacial score (nSPS) is 12.5. The Morgan fingerprint density at radius 1 is 1.06 bits per heavy atom. The van der Waals surface area contributed by atoms with Crippen LogP contribution < -0.4 is 0 Å². The second-order valence-corrected chi connectivity index (χ2v) is 6.11. The van der Waals surface area contributed by atoms with Gasteiger partial charge in [0.1, 0.15) is 6.10 Å². The second kappa shape index (κ2) is 5.74. The summed E-state index contributed by atoms with van der Waals surface area (Å²) in [7, 11) is 0. The Hall–Kier alpha value is -0.350. The molecule has 1 atom stereocenters. The van der Waals surface area contributed by atoms with Gasteiger partial charge >= 0.3 is 0 Å². The maximum Gasteiger partial charge on any atom is 0.107 e. The number of aliphatic hydroxyl groups excluding tert-OH is 1. The molecule has 1 unspecified atom stereocenters. The molecule has 0 radical (unpaired) electrons. The SMILES string of the molecule is Cc1c(Br)cccc1C(O)c1c(Cl)cccc1Br. The quantitative estimate of drug-likeness (QED) is 0.742. The van der Waals surface area contributed by atoms with Crippen molar-refractivity contribution in [3.05, 3.63) is 67.1 Å². The topological polar surface area (TPSA) is 20.2 Å². The Morgan fingerprint density at radius 2 is 1.67 bits per heavy atom. The Morgan fingerprint density at radius 3 is 2.33 bits per heavy atom. The third-order valence-corrected chi connectivity index (χ3v) is 4.76. The zero-order valence-corrected chi connectivity index (χ0v) is 13.6. The first-order valence-corrected chi connectivity index (χ1v) is 7.35. The van der Waals surface area contributed by atoms with E-state index in [0.29, 0.717) is 10.6 Å². The molecule has 4 heteroatoms. The molecule has 0 aliphatic carbocycles. The predicted octanol–water partition coefficient (Wildman–Crippen LogP) is 5.26. The summed E-state index contributed by atoms with van der Waals surface area (Å²) in [6.07, 6.45) is -0.745. The van der Waals surface area contributed by atoms with Gasteiger partial charge in [-0.05, 0) is 36.2 Å². The molecule has 2 aromatic rings. The van der Waals surface area contributed by atoms with E-state index in [0.717, 1.165) is 20.1 Å². The van der Waals surface area contributed by atoms with Gasteiger partial charge in [-0.3, -0.25) is 0 Å². The average molecular weight is 391 g/mol. The van der Waals surface area contributed by atoms with Crippen LogP contribution in [0.5, 0.6) is 0 Å². The van der Waals surface area contributed by atoms with E-state index in [4.69, 9.17) is 11.6 Å². The first kappa shape index (κ1) is 14.1. The Balaban J connectivity index is 2.55. The summed E-state index contributed by atoms with van der Waals surface area (Å²) >= 11 is 13.1. The fourth-order valence-electron chi connectivity index (χ4n) is 1.85. The number of hydrogen-bond acceptors (Lipinski definition) is 1. The van der Waals surface area contributed by atoms with E-state index in [1.807, 2.05) is 37.3 Å². The highest BCUT2D eigenvalue weighted by molar-refractivity contribution is 9.10. The van der Waals surface area contributed by atoms with Gasteiger partial charge in [0, 0.05) is 19.5 Å². The van der Waals surface area contributed by atoms with E-state index in [1.54, 1.807) is 6.07 Å². The van der Waals surface area contributed by atoms with Gasteiger partial charge in [0.15, 0.2) is 0 Å². The van der Waals surface area contributed by atoms with E-state index in [1.165, 1.54) is 0 Å². The minimum absolute atomic E-state index is 0.552. The van der Waals surface area contributed by atoms with Crippen molar-refractivity contribution in [2.45, 2.75) is 13.0 Å². The van der Waals surface area contributed by atoms with Crippen LogP contribution in [-0.2, 0) is 0 Å². The summed E-state index contributed by atoms with van der Waals surface area (Å²) in [5.41, 5.74) is 2.55. The van der Waals surface area contributed by atoms with Crippen molar-refractivity contribution in [1.29, 1.82) is 0 Å². The molecule has 2 rings (SSSR count). The lowest BCUT2D eigenvalue weighted by molar-refractivity contribution is 0.219. The lowest BCUT2D eigenvalue weighted by Gasteiger charge is -2.17. The Kier molecular flexibility index (Phi) is 4.49. The molecule has 0 spiro atoms. The van der Waals surface area contributed by atoms with Gasteiger partial charge in [-0.15, -0.1) is 0 Å². The molecule has 18 heavy (non-hydrogen) atoms. The molecule has 0 aliphatic rings. The molecular weight excluding hydrogens is 379 g/mol. The molecule has 0 aliphatic heterocycles. The standard InChI is InChI=1S/C14H11Br2ClO/c1-8-9(4-2-5-10(8)15)14(18)13-11(16)6-3-7-12(13)17/h2-7,14,18H,1H3. The van der Waals surface area contributed by atoms with Gasteiger partial charge in [0.05, 0.1) is 0 Å². The highest BCUT2D eigenvalue weighted by Gasteiger charge is 2.19. The van der Waals surface area contributed by atoms with Crippen molar-refractivity contribution in [2.24, 2.45) is 0 Å². The van der Waals surface area contributed by atoms with Crippen LogP contribution in [0.3, 0.4) is 0 Å². The summed E-state index contributed by atoms with van der Waals surface area (Å²) in [4.78, 5) is 0. The molecule has 0 aromatic heterocycles. The third-order valence-electron chi connectivity index (χ3n) is 2.88. The van der Waals surface area contributed by atoms with Gasteiger partial charge in [0.2, 0.25) is 0 Å². The number of halogens is 3. The van der Waals surface area contributed by atoms with Gasteiger partial charge in [0.25, 0.3) is 0 Å². The largest absolute Gasteiger partial charge is 0.384 e. The molecule has 2 aromatic carbocycles. The minimum atomic E-state index is -0.745. The third kappa shape index (κ3) is 2.64. The van der Waals surface area contributed by atoms with Crippen LogP contribution in [0.25, 0.3) is 0 Å². The fraction of sp³-hybridized carbons (Fsp3) is 0.143. The van der Waals surface area contributed by atoms with E-state index >= 15 is 0 Å². The molecule has 0 amide bonds. The summed E-state index contributed by atoms with van der Waals surface area (Å²) in [5.74, 6) is 0. The Labute approximate surface area is 128 Å². The maximum absolute atomic E-state index is 10.5. The lowest BCUT2D eigenvalue weighted by Crippen LogP contribution is -2.04. The van der Waals surface area contributed by atoms with Crippen molar-refractivity contribution in [3.63, 3.8) is 0 Å². The molecule has 1 nitrogen and oxygen atoms in total. The maximum atomic E-state index is 10.5. The number of benzene rings is 2. The first-order chi connectivity index (χ1) is 8.52. The second-order valence-electron chi connectivity index (χ2n) is 3.99. The van der Waals surface area contributed by atoms with Crippen LogP contribution in [-0.4, -0.2) is 5.11 Å². The molecule has 0 fully saturated rings. The van der Waals surface area contributed by atoms with Crippen LogP contribution in [0.4, 0.5) is 0 Å². The van der Waals surface area contributed by atoms with E-state index in [9.17, 15) is 5.11 Å². The van der Waals surface area contributed by atoms with Gasteiger partial charge < -0.3 is 5.11 Å². The van der Waals surface area contributed by atoms with Gasteiger partial charge in [-0.1, -0.05) is 61.7 Å². The smallest absolute Gasteiger partial charge is 0.107 e. The number of aliphatic hydroxyl groups is 1. The van der Waals surface area contributed by atoms with Crippen molar-refractivity contribution >= 4 is 43.5 Å². The molecule has 94 valence electrons. The number of rotatable bonds is 2. The van der Waals surface area contributed by atoms with E-state index in [-0.39, 0.29) is 0 Å². The minimum Gasteiger partial charge on any atom is -0.384 e. The molecule has 0 saturated carbocycles. The van der Waals surface area contributed by atoms with Crippen molar-refractivity contribution in [1.82, 2.24) is 0 Å². The van der Waals surface area contributed by atoms with E-state index < -0.39 is 6.10 Å². The Bertz CT molecular complexity index is 564. The molecule has 0 bridgehead atoms. The molecule has 0 heterocycles. The summed E-state index contributed by atoms with van der Waals surface area (Å²) in [5, 5.41) is 11.1. The monoisotopic (exact) mass is 388 g/mol. The first-order valence-electron chi connectivity index (χ1n) is 5.39. The summed E-state index contributed by atoms with van der Waals surface area (Å²) in [6.45, 7) is 1.97. The number of hydrogen-bond donors (Lipinski definition) is 1. The predicted molar refractivity (Wildman–Crippen MR) is 82.1 cm³/mol. The van der Waals surface area contributed by atoms with Crippen molar-refractivity contribution in [3.8, 4) is 0 Å². The van der Waals surface area contributed by atoms with Crippen LogP contribution in [0.15, 0.2) is 45.3 Å². The van der Waals surface area contributed by atoms with Crippen LogP contribution in [0, 0.1) is 6.92 Å². The van der Waals surface area contributed by atoms with Crippen LogP contribution in [0.1, 0.15) is 22.8 Å². The molecular formula is C14H11Br2ClO. The molecule has 0 saturated heterocycles. The van der Waals surface area contributed by atoms with Gasteiger partial charge in [-0.2, -0.15) is 0 Å². The highest BCUT2D eigenvalue weighted by atomic mass is 79.9. The zero-order chi connectivity index (χ0) is 13.3. The molecule has 1 N–H and O–H groups in total. The summed E-state index contributed by atoms with van der Waals surface area (Å²) < 4.78 is 1.78. The summed E-state index contributed by atoms with van der Waals surface area (Å²) in [6, 6.07) is 11.3. The van der Waals surface area contributed by atoms with E-state index in [2.05, 4.69) is 31.9 Å². The van der Waals surface area contributed by atoms with Crippen LogP contribution in [0.2, 0.25) is 5.02 Å². The zero-order valence-electron chi connectivity index (χ0n) is 9.62. The van der Waals surface area contributed by atoms with Crippen molar-refractivity contribution in [2.75, 3.05) is 0 Å². The van der Waals surface area contributed by atoms with Crippen molar-refractivity contribution < 1.29 is 5.11 Å².